The molecule has 1 fully saturated rings. The van der Waals surface area contributed by atoms with Gasteiger partial charge in [0.2, 0.25) is 0 Å². The van der Waals surface area contributed by atoms with Crippen LogP contribution in [0.15, 0.2) is 97.1 Å². The predicted molar refractivity (Wildman–Crippen MR) is 192 cm³/mol. The van der Waals surface area contributed by atoms with Crippen molar-refractivity contribution in [3.05, 3.63) is 114 Å². The number of esters is 2. The highest BCUT2D eigenvalue weighted by molar-refractivity contribution is 6.01. The largest absolute Gasteiger partial charge is 0.508 e. The van der Waals surface area contributed by atoms with Gasteiger partial charge in [0, 0.05) is 18.4 Å². The molecule has 53 heavy (non-hydrogen) atoms. The number of benzene rings is 4. The van der Waals surface area contributed by atoms with Crippen molar-refractivity contribution in [2.75, 3.05) is 13.7 Å². The van der Waals surface area contributed by atoms with Gasteiger partial charge in [0.25, 0.3) is 11.8 Å². The number of phenolic OH excluding ortho intramolecular Hbond substituents is 3. The van der Waals surface area contributed by atoms with Crippen LogP contribution in [0.3, 0.4) is 0 Å². The summed E-state index contributed by atoms with van der Waals surface area (Å²) in [6.07, 6.45) is 0.0881. The molecule has 4 aromatic rings. The summed E-state index contributed by atoms with van der Waals surface area (Å²) in [6.45, 7) is 5.83. The number of phenols is 3. The molecule has 1 aliphatic rings. The van der Waals surface area contributed by atoms with Gasteiger partial charge >= 0.3 is 17.9 Å². The van der Waals surface area contributed by atoms with Crippen molar-refractivity contribution in [2.45, 2.75) is 58.3 Å². The van der Waals surface area contributed by atoms with E-state index in [0.717, 1.165) is 11.1 Å². The number of amides is 2. The summed E-state index contributed by atoms with van der Waals surface area (Å²) in [5.41, 5.74) is 1.96. The molecule has 280 valence electrons. The number of para-hydroxylation sites is 4. The third-order valence-electron chi connectivity index (χ3n) is 7.79. The molecule has 0 bridgehead atoms. The van der Waals surface area contributed by atoms with Gasteiger partial charge in [-0.3, -0.25) is 19.2 Å². The Balaban J connectivity index is 0.000000219. The standard InChI is InChI=1S/C17H18O4.C12H11NO5.C11H14O3/c1-12(13-7-3-4-8-14(13)18)11-17(19)21-16-10-6-5-9-15(16)20-2;14-9-4-2-1-3-8(9)7-12(17)18-13-10(15)5-6-11(13)16;1-3-14-11(13)8(2)9-4-6-10(12)7-5-9/h3-10,12,18H,11H2,1-2H3;1-4,14H,5-7H2;4-8,12H,3H2,1-2H3. The van der Waals surface area contributed by atoms with Crippen molar-refractivity contribution in [1.29, 1.82) is 0 Å². The molecule has 2 amide bonds. The van der Waals surface area contributed by atoms with Crippen LogP contribution in [0.5, 0.6) is 28.7 Å². The first-order valence-corrected chi connectivity index (χ1v) is 16.7. The van der Waals surface area contributed by atoms with Gasteiger partial charge in [0.15, 0.2) is 11.5 Å². The second-order valence-corrected chi connectivity index (χ2v) is 11.7. The number of aromatic hydroxyl groups is 3. The smallest absolute Gasteiger partial charge is 0.337 e. The minimum Gasteiger partial charge on any atom is -0.508 e. The molecule has 4 aromatic carbocycles. The lowest BCUT2D eigenvalue weighted by Crippen LogP contribution is -2.32. The number of hydrogen-bond acceptors (Lipinski definition) is 12. The molecule has 5 rings (SSSR count). The summed E-state index contributed by atoms with van der Waals surface area (Å²) in [6, 6.07) is 26.8. The Morgan fingerprint density at radius 2 is 1.30 bits per heavy atom. The molecule has 13 nitrogen and oxygen atoms in total. The zero-order valence-corrected chi connectivity index (χ0v) is 29.9. The number of carbonyl (C=O) groups is 5. The maximum atomic E-state index is 12.0. The lowest BCUT2D eigenvalue weighted by molar-refractivity contribution is -0.197. The van der Waals surface area contributed by atoms with Crippen molar-refractivity contribution in [2.24, 2.45) is 0 Å². The van der Waals surface area contributed by atoms with Gasteiger partial charge < -0.3 is 34.4 Å². The first kappa shape index (κ1) is 41.1. The second kappa shape index (κ2) is 20.5. The van der Waals surface area contributed by atoms with Crippen LogP contribution in [0.2, 0.25) is 0 Å². The number of ether oxygens (including phenoxy) is 3. The molecule has 3 N–H and O–H groups in total. The van der Waals surface area contributed by atoms with Crippen LogP contribution in [-0.2, 0) is 40.0 Å². The van der Waals surface area contributed by atoms with Crippen molar-refractivity contribution in [3.63, 3.8) is 0 Å². The van der Waals surface area contributed by atoms with E-state index in [9.17, 15) is 34.2 Å². The van der Waals surface area contributed by atoms with E-state index in [1.54, 1.807) is 98.8 Å². The fourth-order valence-corrected chi connectivity index (χ4v) is 4.91. The summed E-state index contributed by atoms with van der Waals surface area (Å²) in [7, 11) is 1.53. The minimum atomic E-state index is -0.764. The normalized spacial score (nSPS) is 12.9. The lowest BCUT2D eigenvalue weighted by Gasteiger charge is -2.13. The molecule has 0 aromatic heterocycles. The molecule has 2 atom stereocenters. The zero-order valence-electron chi connectivity index (χ0n) is 29.9. The molecular weight excluding hydrogens is 686 g/mol. The van der Waals surface area contributed by atoms with Crippen molar-refractivity contribution in [3.8, 4) is 28.7 Å². The molecular formula is C40H43NO12. The molecule has 0 spiro atoms. The quantitative estimate of drug-likeness (QED) is 0.0916. The van der Waals surface area contributed by atoms with Gasteiger partial charge in [-0.1, -0.05) is 67.6 Å². The molecule has 1 aliphatic heterocycles. The molecule has 13 heteroatoms. The van der Waals surface area contributed by atoms with Gasteiger partial charge in [0.1, 0.15) is 17.2 Å². The molecule has 0 saturated carbocycles. The Morgan fingerprint density at radius 3 is 1.89 bits per heavy atom. The maximum absolute atomic E-state index is 12.0. The highest BCUT2D eigenvalue weighted by Crippen LogP contribution is 2.30. The number of hydrogen-bond donors (Lipinski definition) is 3. The predicted octanol–water partition coefficient (Wildman–Crippen LogP) is 6.10. The third kappa shape index (κ3) is 12.7. The zero-order chi connectivity index (χ0) is 38.9. The Morgan fingerprint density at radius 1 is 0.736 bits per heavy atom. The first-order valence-electron chi connectivity index (χ1n) is 16.7. The van der Waals surface area contributed by atoms with Crippen LogP contribution in [0.1, 0.15) is 68.6 Å². The molecule has 0 aliphatic carbocycles. The van der Waals surface area contributed by atoms with Crippen LogP contribution in [0.25, 0.3) is 0 Å². The summed E-state index contributed by atoms with van der Waals surface area (Å²) < 4.78 is 15.3. The van der Waals surface area contributed by atoms with E-state index in [2.05, 4.69) is 4.84 Å². The summed E-state index contributed by atoms with van der Waals surface area (Å²) in [4.78, 5) is 62.0. The van der Waals surface area contributed by atoms with Crippen LogP contribution in [-0.4, -0.2) is 63.8 Å². The average Bonchev–Trinajstić information content (AvgIpc) is 3.45. The van der Waals surface area contributed by atoms with Crippen molar-refractivity contribution < 1.29 is 58.3 Å². The van der Waals surface area contributed by atoms with E-state index >= 15 is 0 Å². The summed E-state index contributed by atoms with van der Waals surface area (Å²) in [5.74, 6) is -1.56. The number of imide groups is 1. The lowest BCUT2D eigenvalue weighted by atomic mass is 9.97. The van der Waals surface area contributed by atoms with E-state index in [0.29, 0.717) is 28.7 Å². The highest BCUT2D eigenvalue weighted by Gasteiger charge is 2.33. The van der Waals surface area contributed by atoms with E-state index in [1.165, 1.54) is 13.2 Å². The van der Waals surface area contributed by atoms with E-state index < -0.39 is 17.8 Å². The van der Waals surface area contributed by atoms with Crippen LogP contribution in [0.4, 0.5) is 0 Å². The molecule has 2 unspecified atom stereocenters. The topological polar surface area (TPSA) is 186 Å². The summed E-state index contributed by atoms with van der Waals surface area (Å²) in [5, 5.41) is 28.8. The maximum Gasteiger partial charge on any atom is 0.337 e. The van der Waals surface area contributed by atoms with Crippen LogP contribution < -0.4 is 9.47 Å². The van der Waals surface area contributed by atoms with Gasteiger partial charge in [-0.15, -0.1) is 5.06 Å². The summed E-state index contributed by atoms with van der Waals surface area (Å²) >= 11 is 0. The Kier molecular flexibility index (Phi) is 15.9. The molecule has 1 heterocycles. The van der Waals surface area contributed by atoms with Crippen molar-refractivity contribution >= 4 is 29.7 Å². The fourth-order valence-electron chi connectivity index (χ4n) is 4.91. The second-order valence-electron chi connectivity index (χ2n) is 11.7. The molecule has 0 radical (unpaired) electrons. The third-order valence-corrected chi connectivity index (χ3v) is 7.79. The fraction of sp³-hybridized carbons (Fsp3) is 0.275. The Labute approximate surface area is 307 Å². The van der Waals surface area contributed by atoms with Gasteiger partial charge in [-0.05, 0) is 67.3 Å². The number of rotatable bonds is 11. The van der Waals surface area contributed by atoms with Crippen LogP contribution >= 0.6 is 0 Å². The van der Waals surface area contributed by atoms with E-state index in [-0.39, 0.29) is 66.7 Å². The van der Waals surface area contributed by atoms with Gasteiger partial charge in [0.05, 0.1) is 32.5 Å². The monoisotopic (exact) mass is 729 g/mol. The average molecular weight is 730 g/mol. The Bertz CT molecular complexity index is 1840. The minimum absolute atomic E-state index is 0.0338. The van der Waals surface area contributed by atoms with Crippen molar-refractivity contribution in [1.82, 2.24) is 5.06 Å². The van der Waals surface area contributed by atoms with Gasteiger partial charge in [-0.25, -0.2) is 4.79 Å². The highest BCUT2D eigenvalue weighted by atomic mass is 16.7. The number of hydroxylamine groups is 2. The number of nitrogens with zero attached hydrogens (tertiary/aromatic N) is 1. The van der Waals surface area contributed by atoms with E-state index in [1.807, 2.05) is 13.0 Å². The Hall–Kier alpha value is -6.37. The van der Waals surface area contributed by atoms with Gasteiger partial charge in [-0.2, -0.15) is 0 Å². The number of methoxy groups -OCH3 is 1. The molecule has 1 saturated heterocycles. The number of carbonyl (C=O) groups excluding carboxylic acids is 5. The first-order chi connectivity index (χ1) is 25.3. The van der Waals surface area contributed by atoms with E-state index in [4.69, 9.17) is 19.3 Å². The van der Waals surface area contributed by atoms with Crippen LogP contribution in [0, 0.1) is 0 Å². The SMILES string of the molecule is CCOC(=O)C(C)c1ccc(O)cc1.COc1ccccc1OC(=O)CC(C)c1ccccc1O.O=C(Cc1ccccc1O)ON1C(=O)CCC1=O.